The van der Waals surface area contributed by atoms with E-state index < -0.39 is 0 Å². The Kier molecular flexibility index (Phi) is 5.58. The normalized spacial score (nSPS) is 11.1. The minimum atomic E-state index is -0.107. The number of aryl methyl sites for hydroxylation is 2. The van der Waals surface area contributed by atoms with Gasteiger partial charge in [0.05, 0.1) is 16.8 Å². The topological polar surface area (TPSA) is 52.0 Å². The first kappa shape index (κ1) is 19.9. The highest BCUT2D eigenvalue weighted by Crippen LogP contribution is 2.29. The van der Waals surface area contributed by atoms with Gasteiger partial charge in [-0.2, -0.15) is 0 Å². The van der Waals surface area contributed by atoms with Crippen molar-refractivity contribution in [1.82, 2.24) is 9.55 Å². The molecule has 0 N–H and O–H groups in total. The Bertz CT molecular complexity index is 1260. The van der Waals surface area contributed by atoms with Crippen LogP contribution in [0.3, 0.4) is 0 Å². The number of ketones is 1. The predicted octanol–water partition coefficient (Wildman–Crippen LogP) is 5.69. The highest BCUT2D eigenvalue weighted by atomic mass is 35.5. The maximum absolute atomic E-state index is 13.4. The molecule has 0 aliphatic rings. The number of carbonyl (C=O) groups excluding carboxylic acids is 1. The fraction of sp³-hybridized carbons (Fsp3) is 0.136. The Morgan fingerprint density at radius 1 is 1.10 bits per heavy atom. The van der Waals surface area contributed by atoms with Gasteiger partial charge in [-0.1, -0.05) is 41.6 Å². The first-order valence-corrected chi connectivity index (χ1v) is 11.1. The van der Waals surface area contributed by atoms with Gasteiger partial charge < -0.3 is 0 Å². The summed E-state index contributed by atoms with van der Waals surface area (Å²) in [5.41, 5.74) is 2.17. The molecule has 0 aliphatic heterocycles. The molecule has 0 bridgehead atoms. The number of hydrogen-bond acceptors (Lipinski definition) is 5. The summed E-state index contributed by atoms with van der Waals surface area (Å²) in [5.74, 6) is 0.134. The van der Waals surface area contributed by atoms with Gasteiger partial charge in [0.15, 0.2) is 10.9 Å². The van der Waals surface area contributed by atoms with Crippen molar-refractivity contribution in [2.75, 3.05) is 5.75 Å². The molecule has 2 heterocycles. The van der Waals surface area contributed by atoms with E-state index in [1.807, 2.05) is 44.2 Å². The molecule has 2 aromatic carbocycles. The Morgan fingerprint density at radius 3 is 2.48 bits per heavy atom. The third-order valence-electron chi connectivity index (χ3n) is 4.69. The fourth-order valence-corrected chi connectivity index (χ4v) is 5.13. The lowest BCUT2D eigenvalue weighted by Gasteiger charge is -2.12. The fourth-order valence-electron chi connectivity index (χ4n) is 3.03. The molecule has 0 radical (unpaired) electrons. The van der Waals surface area contributed by atoms with Gasteiger partial charge in [-0.25, -0.2) is 4.98 Å². The monoisotopic (exact) mass is 440 g/mol. The molecule has 0 amide bonds. The molecule has 2 aromatic heterocycles. The molecular formula is C22H17ClN2O2S2. The summed E-state index contributed by atoms with van der Waals surface area (Å²) in [7, 11) is 0. The lowest BCUT2D eigenvalue weighted by molar-refractivity contribution is 0.102. The molecule has 0 spiro atoms. The third-order valence-corrected chi connectivity index (χ3v) is 6.98. The molecule has 4 aromatic rings. The molecule has 29 heavy (non-hydrogen) atoms. The number of thiophene rings is 1. The van der Waals surface area contributed by atoms with E-state index in [-0.39, 0.29) is 17.1 Å². The number of thioether (sulfide) groups is 1. The van der Waals surface area contributed by atoms with Crippen LogP contribution in [0.5, 0.6) is 0 Å². The van der Waals surface area contributed by atoms with Crippen LogP contribution in [0, 0.1) is 13.8 Å². The van der Waals surface area contributed by atoms with Crippen molar-refractivity contribution >= 4 is 50.7 Å². The highest BCUT2D eigenvalue weighted by Gasteiger charge is 2.19. The Balaban J connectivity index is 1.77. The second-order valence-corrected chi connectivity index (χ2v) is 9.13. The van der Waals surface area contributed by atoms with Crippen LogP contribution < -0.4 is 5.56 Å². The molecule has 0 saturated heterocycles. The smallest absolute Gasteiger partial charge is 0.267 e. The van der Waals surface area contributed by atoms with Crippen LogP contribution in [0.1, 0.15) is 20.8 Å². The zero-order valence-electron chi connectivity index (χ0n) is 15.8. The first-order valence-electron chi connectivity index (χ1n) is 8.95. The summed E-state index contributed by atoms with van der Waals surface area (Å²) in [6, 6.07) is 16.2. The number of benzene rings is 2. The zero-order chi connectivity index (χ0) is 20.5. The largest absolute Gasteiger partial charge is 0.293 e. The van der Waals surface area contributed by atoms with Gasteiger partial charge in [-0.05, 0) is 55.8 Å². The molecule has 0 unspecified atom stereocenters. The zero-order valence-corrected chi connectivity index (χ0v) is 18.2. The number of fused-ring (bicyclic) bond motifs is 1. The SMILES string of the molecule is Cc1sc2nc(SCC(=O)c3ccc(Cl)cc3)n(-c3ccccc3)c(=O)c2c1C. The molecule has 4 nitrogen and oxygen atoms in total. The minimum absolute atomic E-state index is 0.0424. The summed E-state index contributed by atoms with van der Waals surface area (Å²) >= 11 is 8.68. The van der Waals surface area contributed by atoms with Gasteiger partial charge in [0.2, 0.25) is 0 Å². The Morgan fingerprint density at radius 2 is 1.79 bits per heavy atom. The summed E-state index contributed by atoms with van der Waals surface area (Å²) in [5, 5.41) is 1.74. The van der Waals surface area contributed by atoms with E-state index in [1.165, 1.54) is 23.1 Å². The van der Waals surface area contributed by atoms with Gasteiger partial charge in [0.1, 0.15) is 4.83 Å². The molecule has 0 aliphatic carbocycles. The Labute approximate surface area is 181 Å². The van der Waals surface area contributed by atoms with E-state index in [4.69, 9.17) is 16.6 Å². The number of para-hydroxylation sites is 1. The van der Waals surface area contributed by atoms with Crippen molar-refractivity contribution in [3.63, 3.8) is 0 Å². The van der Waals surface area contributed by atoms with Crippen LogP contribution in [-0.4, -0.2) is 21.1 Å². The van der Waals surface area contributed by atoms with E-state index in [0.717, 1.165) is 16.1 Å². The maximum atomic E-state index is 13.4. The molecule has 0 saturated carbocycles. The number of aromatic nitrogens is 2. The van der Waals surface area contributed by atoms with Crippen LogP contribution >= 0.6 is 34.7 Å². The second kappa shape index (κ2) is 8.14. The molecular weight excluding hydrogens is 424 g/mol. The standard InChI is InChI=1S/C22H17ClN2O2S2/c1-13-14(2)29-20-19(13)21(27)25(17-6-4-3-5-7-17)22(24-20)28-12-18(26)15-8-10-16(23)11-9-15/h3-11H,12H2,1-2H3. The van der Waals surface area contributed by atoms with Crippen LogP contribution in [0.4, 0.5) is 0 Å². The maximum Gasteiger partial charge on any atom is 0.267 e. The lowest BCUT2D eigenvalue weighted by Crippen LogP contribution is -2.22. The molecule has 7 heteroatoms. The van der Waals surface area contributed by atoms with E-state index >= 15 is 0 Å². The van der Waals surface area contributed by atoms with Gasteiger partial charge in [-0.15, -0.1) is 11.3 Å². The van der Waals surface area contributed by atoms with Gasteiger partial charge >= 0.3 is 0 Å². The quantitative estimate of drug-likeness (QED) is 0.227. The van der Waals surface area contributed by atoms with E-state index in [9.17, 15) is 9.59 Å². The summed E-state index contributed by atoms with van der Waals surface area (Å²) in [4.78, 5) is 32.5. The molecule has 0 fully saturated rings. The van der Waals surface area contributed by atoms with Crippen molar-refractivity contribution in [1.29, 1.82) is 0 Å². The van der Waals surface area contributed by atoms with Crippen LogP contribution in [-0.2, 0) is 0 Å². The number of Topliss-reactive ketones (excluding diaryl/α,β-unsaturated/α-hetero) is 1. The number of carbonyl (C=O) groups is 1. The molecule has 146 valence electrons. The predicted molar refractivity (Wildman–Crippen MR) is 121 cm³/mol. The van der Waals surface area contributed by atoms with E-state index in [1.54, 1.807) is 28.8 Å². The lowest BCUT2D eigenvalue weighted by atomic mass is 10.1. The summed E-state index contributed by atoms with van der Waals surface area (Å²) in [6.07, 6.45) is 0. The van der Waals surface area contributed by atoms with Gasteiger partial charge in [0, 0.05) is 15.5 Å². The van der Waals surface area contributed by atoms with E-state index in [0.29, 0.717) is 26.0 Å². The van der Waals surface area contributed by atoms with Crippen LogP contribution in [0.2, 0.25) is 5.02 Å². The summed E-state index contributed by atoms with van der Waals surface area (Å²) < 4.78 is 1.60. The average Bonchev–Trinajstić information content (AvgIpc) is 3.01. The van der Waals surface area contributed by atoms with Crippen LogP contribution in [0.15, 0.2) is 64.5 Å². The number of hydrogen-bond donors (Lipinski definition) is 0. The highest BCUT2D eigenvalue weighted by molar-refractivity contribution is 7.99. The molecule has 0 atom stereocenters. The number of halogens is 1. The number of nitrogens with zero attached hydrogens (tertiary/aromatic N) is 2. The Hall–Kier alpha value is -2.41. The van der Waals surface area contributed by atoms with Crippen molar-refractivity contribution in [3.8, 4) is 5.69 Å². The number of rotatable bonds is 5. The van der Waals surface area contributed by atoms with Crippen LogP contribution in [0.25, 0.3) is 15.9 Å². The third kappa shape index (κ3) is 3.88. The molecule has 4 rings (SSSR count). The minimum Gasteiger partial charge on any atom is -0.293 e. The van der Waals surface area contributed by atoms with Gasteiger partial charge in [-0.3, -0.25) is 14.2 Å². The van der Waals surface area contributed by atoms with Crippen molar-refractivity contribution in [2.45, 2.75) is 19.0 Å². The first-order chi connectivity index (χ1) is 14.0. The van der Waals surface area contributed by atoms with Gasteiger partial charge in [0.25, 0.3) is 5.56 Å². The average molecular weight is 441 g/mol. The van der Waals surface area contributed by atoms with Crippen molar-refractivity contribution in [2.24, 2.45) is 0 Å². The van der Waals surface area contributed by atoms with Crippen molar-refractivity contribution < 1.29 is 4.79 Å². The summed E-state index contributed by atoms with van der Waals surface area (Å²) in [6.45, 7) is 3.94. The van der Waals surface area contributed by atoms with Crippen molar-refractivity contribution in [3.05, 3.63) is 86.0 Å². The second-order valence-electron chi connectivity index (χ2n) is 6.55. The van der Waals surface area contributed by atoms with E-state index in [2.05, 4.69) is 0 Å².